The van der Waals surface area contributed by atoms with Crippen molar-refractivity contribution in [2.24, 2.45) is 0 Å². The van der Waals surface area contributed by atoms with E-state index in [1.807, 2.05) is 48.5 Å². The van der Waals surface area contributed by atoms with Crippen LogP contribution in [-0.4, -0.2) is 29.1 Å². The summed E-state index contributed by atoms with van der Waals surface area (Å²) < 4.78 is 12.4. The van der Waals surface area contributed by atoms with Crippen LogP contribution < -0.4 is 14.4 Å². The first kappa shape index (κ1) is 20.6. The topological polar surface area (TPSA) is 64.6 Å². The van der Waals surface area contributed by atoms with Gasteiger partial charge in [0.05, 0.1) is 23.2 Å². The van der Waals surface area contributed by atoms with Gasteiger partial charge in [-0.2, -0.15) is 0 Å². The largest absolute Gasteiger partial charge is 0.486 e. The molecule has 0 bridgehead atoms. The number of carbonyl (C=O) groups is 1. The standard InChI is InChI=1S/C27H21N3O3S/c31-26(13-20-8-3-7-19-6-1-2-9-21(19)20)30(17-18-5-4-10-28-16-18)27-29-22-14-23-24(15-25(22)34-27)33-12-11-32-23/h1-10,14-16H,11-13,17H2. The van der Waals surface area contributed by atoms with Gasteiger partial charge in [-0.15, -0.1) is 0 Å². The van der Waals surface area contributed by atoms with Gasteiger partial charge in [-0.05, 0) is 28.0 Å². The molecule has 5 aromatic rings. The molecule has 1 aliphatic heterocycles. The fraction of sp³-hybridized carbons (Fsp3) is 0.148. The number of ether oxygens (including phenoxy) is 2. The van der Waals surface area contributed by atoms with E-state index < -0.39 is 0 Å². The minimum absolute atomic E-state index is 0.0171. The highest BCUT2D eigenvalue weighted by Gasteiger charge is 2.23. The molecule has 2 aromatic heterocycles. The lowest BCUT2D eigenvalue weighted by atomic mass is 10.0. The summed E-state index contributed by atoms with van der Waals surface area (Å²) in [6.07, 6.45) is 3.79. The van der Waals surface area contributed by atoms with Crippen LogP contribution in [0.2, 0.25) is 0 Å². The van der Waals surface area contributed by atoms with E-state index in [1.54, 1.807) is 17.3 Å². The molecule has 0 spiro atoms. The van der Waals surface area contributed by atoms with Gasteiger partial charge in [-0.3, -0.25) is 14.7 Å². The summed E-state index contributed by atoms with van der Waals surface area (Å²) >= 11 is 1.48. The molecule has 0 radical (unpaired) electrons. The quantitative estimate of drug-likeness (QED) is 0.347. The Balaban J connectivity index is 1.38. The minimum Gasteiger partial charge on any atom is -0.486 e. The molecule has 0 atom stereocenters. The average molecular weight is 468 g/mol. The normalized spacial score (nSPS) is 12.7. The minimum atomic E-state index is -0.0171. The number of thiazole rings is 1. The lowest BCUT2D eigenvalue weighted by Crippen LogP contribution is -2.31. The Morgan fingerprint density at radius 1 is 0.971 bits per heavy atom. The first-order valence-corrected chi connectivity index (χ1v) is 11.9. The van der Waals surface area contributed by atoms with Gasteiger partial charge in [0.2, 0.25) is 5.91 Å². The Morgan fingerprint density at radius 3 is 2.65 bits per heavy atom. The van der Waals surface area contributed by atoms with Crippen molar-refractivity contribution in [2.75, 3.05) is 18.1 Å². The number of hydrogen-bond donors (Lipinski definition) is 0. The second-order valence-electron chi connectivity index (χ2n) is 8.12. The second kappa shape index (κ2) is 8.76. The Morgan fingerprint density at radius 2 is 1.79 bits per heavy atom. The average Bonchev–Trinajstić information content (AvgIpc) is 3.29. The molecular weight excluding hydrogens is 446 g/mol. The zero-order valence-electron chi connectivity index (χ0n) is 18.3. The number of carbonyl (C=O) groups excluding carboxylic acids is 1. The number of nitrogens with zero attached hydrogens (tertiary/aromatic N) is 3. The van der Waals surface area contributed by atoms with Crippen molar-refractivity contribution in [2.45, 2.75) is 13.0 Å². The number of rotatable bonds is 5. The molecule has 6 nitrogen and oxygen atoms in total. The second-order valence-corrected chi connectivity index (χ2v) is 9.13. The number of fused-ring (bicyclic) bond motifs is 3. The molecule has 3 aromatic carbocycles. The van der Waals surface area contributed by atoms with E-state index in [0.717, 1.165) is 37.9 Å². The van der Waals surface area contributed by atoms with Crippen molar-refractivity contribution in [3.8, 4) is 11.5 Å². The Hall–Kier alpha value is -3.97. The molecule has 0 fully saturated rings. The van der Waals surface area contributed by atoms with E-state index in [4.69, 9.17) is 14.5 Å². The van der Waals surface area contributed by atoms with Crippen LogP contribution in [0.5, 0.6) is 11.5 Å². The van der Waals surface area contributed by atoms with Crippen LogP contribution in [0.4, 0.5) is 5.13 Å². The maximum Gasteiger partial charge on any atom is 0.233 e. The SMILES string of the molecule is O=C(Cc1cccc2ccccc12)N(Cc1cccnc1)c1nc2cc3c(cc2s1)OCCO3. The summed E-state index contributed by atoms with van der Waals surface area (Å²) in [4.78, 5) is 24.5. The summed E-state index contributed by atoms with van der Waals surface area (Å²) in [5.41, 5.74) is 2.73. The molecule has 7 heteroatoms. The highest BCUT2D eigenvalue weighted by atomic mass is 32.1. The fourth-order valence-corrected chi connectivity index (χ4v) is 5.20. The van der Waals surface area contributed by atoms with Crippen LogP contribution in [0.15, 0.2) is 79.1 Å². The highest BCUT2D eigenvalue weighted by molar-refractivity contribution is 7.22. The third kappa shape index (κ3) is 3.95. The number of pyridine rings is 1. The zero-order valence-corrected chi connectivity index (χ0v) is 19.1. The predicted octanol–water partition coefficient (Wildman–Crippen LogP) is 5.39. The van der Waals surface area contributed by atoms with Gasteiger partial charge in [0.25, 0.3) is 0 Å². The number of hydrogen-bond acceptors (Lipinski definition) is 6. The number of amides is 1. The van der Waals surface area contributed by atoms with Gasteiger partial charge in [0, 0.05) is 24.5 Å². The molecular formula is C27H21N3O3S. The molecule has 0 N–H and O–H groups in total. The highest BCUT2D eigenvalue weighted by Crippen LogP contribution is 2.39. The molecule has 6 rings (SSSR count). The van der Waals surface area contributed by atoms with Crippen molar-refractivity contribution in [3.63, 3.8) is 0 Å². The van der Waals surface area contributed by atoms with Crippen LogP contribution in [0.1, 0.15) is 11.1 Å². The fourth-order valence-electron chi connectivity index (χ4n) is 4.21. The molecule has 0 aliphatic carbocycles. The number of anilines is 1. The first-order chi connectivity index (χ1) is 16.7. The summed E-state index contributed by atoms with van der Waals surface area (Å²) in [5.74, 6) is 1.39. The van der Waals surface area contributed by atoms with Gasteiger partial charge in [0.1, 0.15) is 13.2 Å². The maximum absolute atomic E-state index is 13.7. The lowest BCUT2D eigenvalue weighted by molar-refractivity contribution is -0.118. The van der Waals surface area contributed by atoms with Crippen LogP contribution in [0, 0.1) is 0 Å². The maximum atomic E-state index is 13.7. The van der Waals surface area contributed by atoms with E-state index in [1.165, 1.54) is 11.3 Å². The van der Waals surface area contributed by atoms with E-state index >= 15 is 0 Å². The van der Waals surface area contributed by atoms with Gasteiger partial charge in [-0.25, -0.2) is 4.98 Å². The summed E-state index contributed by atoms with van der Waals surface area (Å²) in [5, 5.41) is 2.86. The van der Waals surface area contributed by atoms with Crippen LogP contribution in [-0.2, 0) is 17.8 Å². The molecule has 0 unspecified atom stereocenters. The molecule has 1 amide bonds. The number of aromatic nitrogens is 2. The van der Waals surface area contributed by atoms with Crippen LogP contribution in [0.25, 0.3) is 21.0 Å². The van der Waals surface area contributed by atoms with E-state index in [2.05, 4.69) is 23.2 Å². The lowest BCUT2D eigenvalue weighted by Gasteiger charge is -2.20. The van der Waals surface area contributed by atoms with Gasteiger partial charge in [0.15, 0.2) is 16.6 Å². The van der Waals surface area contributed by atoms with Crippen molar-refractivity contribution in [3.05, 3.63) is 90.3 Å². The zero-order chi connectivity index (χ0) is 22.9. The molecule has 3 heterocycles. The van der Waals surface area contributed by atoms with Crippen molar-refractivity contribution >= 4 is 43.4 Å². The van der Waals surface area contributed by atoms with Crippen LogP contribution >= 0.6 is 11.3 Å². The van der Waals surface area contributed by atoms with Crippen molar-refractivity contribution < 1.29 is 14.3 Å². The molecule has 34 heavy (non-hydrogen) atoms. The first-order valence-electron chi connectivity index (χ1n) is 11.1. The Bertz CT molecular complexity index is 1450. The summed E-state index contributed by atoms with van der Waals surface area (Å²) in [6, 6.07) is 21.9. The Kier molecular flexibility index (Phi) is 5.31. The van der Waals surface area contributed by atoms with Gasteiger partial charge >= 0.3 is 0 Å². The van der Waals surface area contributed by atoms with Gasteiger partial charge in [-0.1, -0.05) is 59.9 Å². The third-order valence-electron chi connectivity index (χ3n) is 5.86. The summed E-state index contributed by atoms with van der Waals surface area (Å²) in [6.45, 7) is 1.44. The van der Waals surface area contributed by atoms with E-state index in [9.17, 15) is 4.79 Å². The molecule has 0 saturated carbocycles. The molecule has 0 saturated heterocycles. The van der Waals surface area contributed by atoms with E-state index in [-0.39, 0.29) is 12.3 Å². The molecule has 168 valence electrons. The van der Waals surface area contributed by atoms with E-state index in [0.29, 0.717) is 30.6 Å². The van der Waals surface area contributed by atoms with Gasteiger partial charge < -0.3 is 9.47 Å². The van der Waals surface area contributed by atoms with Crippen molar-refractivity contribution in [1.29, 1.82) is 0 Å². The van der Waals surface area contributed by atoms with Crippen LogP contribution in [0.3, 0.4) is 0 Å². The number of benzene rings is 3. The third-order valence-corrected chi connectivity index (χ3v) is 6.90. The predicted molar refractivity (Wildman–Crippen MR) is 134 cm³/mol. The summed E-state index contributed by atoms with van der Waals surface area (Å²) in [7, 11) is 0. The van der Waals surface area contributed by atoms with Crippen molar-refractivity contribution in [1.82, 2.24) is 9.97 Å². The monoisotopic (exact) mass is 467 g/mol. The Labute approximate surface area is 200 Å². The smallest absolute Gasteiger partial charge is 0.233 e. The molecule has 1 aliphatic rings.